The van der Waals surface area contributed by atoms with Crippen molar-refractivity contribution in [3.63, 3.8) is 0 Å². The Morgan fingerprint density at radius 3 is 1.74 bits per heavy atom. The normalized spacial score (nSPS) is 14.4. The third-order valence-electron chi connectivity index (χ3n) is 12.0. The molecule has 6 aromatic carbocycles. The van der Waals surface area contributed by atoms with Gasteiger partial charge >= 0.3 is 6.09 Å². The average molecular weight is 906 g/mol. The number of hydrogen-bond donors (Lipinski definition) is 4. The van der Waals surface area contributed by atoms with Gasteiger partial charge in [-0.2, -0.15) is 0 Å². The lowest BCUT2D eigenvalue weighted by atomic mass is 9.84. The second kappa shape index (κ2) is 20.0. The Hall–Kier alpha value is -6.69. The maximum absolute atomic E-state index is 14.8. The highest BCUT2D eigenvalue weighted by Crippen LogP contribution is 2.49. The van der Waals surface area contributed by atoms with E-state index in [1.807, 2.05) is 127 Å². The van der Waals surface area contributed by atoms with Gasteiger partial charge in [-0.1, -0.05) is 163 Å². The van der Waals surface area contributed by atoms with E-state index in [9.17, 15) is 24.0 Å². The highest BCUT2D eigenvalue weighted by Gasteiger charge is 2.52. The van der Waals surface area contributed by atoms with E-state index < -0.39 is 46.2 Å². The van der Waals surface area contributed by atoms with Crippen LogP contribution in [0.1, 0.15) is 59.1 Å². The monoisotopic (exact) mass is 904 g/mol. The molecular formula is C53H49ClN4O6S. The third kappa shape index (κ3) is 10.2. The van der Waals surface area contributed by atoms with Crippen molar-refractivity contribution in [3.8, 4) is 11.1 Å². The Bertz CT molecular complexity index is 2540. The van der Waals surface area contributed by atoms with Crippen LogP contribution < -0.4 is 21.3 Å². The standard InChI is InChI=1S/C53H49ClN4O6S/c1-35(59)32-55-50(62)52(28-29-52)58-49(61)47(34-65-53(37-17-5-2-6-18-37,38-19-7-3-8-20-38)39-21-9-4-10-22-39)56-48(60)46(31-36-16-15-23-40(54)30-36)57-51(63)64-33-45-43-26-13-11-24-41(43)42-25-12-14-27-44(42)45/h2-27,30,45-47H,28-29,31-34H2,1H3,(H,55,62)(H,56,60)(H,57,63)(H,58,61)/t46-,47-/m1/s1. The number of ether oxygens (including phenoxy) is 1. The summed E-state index contributed by atoms with van der Waals surface area (Å²) in [6.07, 6.45) is -0.0603. The number of rotatable bonds is 18. The van der Waals surface area contributed by atoms with Gasteiger partial charge in [0.1, 0.15) is 30.0 Å². The molecule has 65 heavy (non-hydrogen) atoms. The molecule has 6 aromatic rings. The number of thioether (sulfide) groups is 1. The topological polar surface area (TPSA) is 143 Å². The highest BCUT2D eigenvalue weighted by atomic mass is 35.5. The van der Waals surface area contributed by atoms with Crippen LogP contribution in [0.3, 0.4) is 0 Å². The van der Waals surface area contributed by atoms with E-state index in [0.717, 1.165) is 38.9 Å². The van der Waals surface area contributed by atoms with Gasteiger partial charge in [-0.05, 0) is 76.4 Å². The smallest absolute Gasteiger partial charge is 0.407 e. The lowest BCUT2D eigenvalue weighted by molar-refractivity contribution is -0.133. The number of Topliss-reactive ketones (excluding diaryl/α,β-unsaturated/α-hetero) is 1. The number of carbonyl (C=O) groups excluding carboxylic acids is 5. The van der Waals surface area contributed by atoms with Crippen LogP contribution in [0, 0.1) is 0 Å². The van der Waals surface area contributed by atoms with E-state index in [0.29, 0.717) is 23.4 Å². The summed E-state index contributed by atoms with van der Waals surface area (Å²) in [5.74, 6) is -2.10. The molecule has 0 aliphatic heterocycles. The summed E-state index contributed by atoms with van der Waals surface area (Å²) in [4.78, 5) is 68.5. The van der Waals surface area contributed by atoms with Crippen LogP contribution in [0.25, 0.3) is 11.1 Å². The van der Waals surface area contributed by atoms with Gasteiger partial charge < -0.3 is 26.0 Å². The number of alkyl carbamates (subject to hydrolysis) is 1. The van der Waals surface area contributed by atoms with Gasteiger partial charge in [-0.3, -0.25) is 19.2 Å². The minimum Gasteiger partial charge on any atom is -0.449 e. The van der Waals surface area contributed by atoms with Crippen molar-refractivity contribution < 1.29 is 28.7 Å². The van der Waals surface area contributed by atoms with Crippen LogP contribution in [0.4, 0.5) is 4.79 Å². The number of carbonyl (C=O) groups is 5. The second-order valence-electron chi connectivity index (χ2n) is 16.5. The minimum atomic E-state index is -1.24. The highest BCUT2D eigenvalue weighted by molar-refractivity contribution is 8.00. The molecule has 10 nitrogen and oxygen atoms in total. The zero-order valence-electron chi connectivity index (χ0n) is 35.8. The van der Waals surface area contributed by atoms with Gasteiger partial charge in [0.25, 0.3) is 0 Å². The summed E-state index contributed by atoms with van der Waals surface area (Å²) in [5, 5.41) is 11.8. The largest absolute Gasteiger partial charge is 0.449 e. The molecule has 4 N–H and O–H groups in total. The molecule has 0 unspecified atom stereocenters. The molecule has 330 valence electrons. The molecule has 12 heteroatoms. The first-order valence-electron chi connectivity index (χ1n) is 21.6. The molecule has 0 bridgehead atoms. The lowest BCUT2D eigenvalue weighted by Crippen LogP contribution is -2.59. The number of fused-ring (bicyclic) bond motifs is 3. The first-order chi connectivity index (χ1) is 31.6. The van der Waals surface area contributed by atoms with Gasteiger partial charge in [0.05, 0.1) is 11.3 Å². The predicted molar refractivity (Wildman–Crippen MR) is 255 cm³/mol. The van der Waals surface area contributed by atoms with E-state index in [2.05, 4.69) is 33.4 Å². The van der Waals surface area contributed by atoms with Gasteiger partial charge in [0.2, 0.25) is 17.7 Å². The van der Waals surface area contributed by atoms with Gasteiger partial charge in [0, 0.05) is 23.1 Å². The van der Waals surface area contributed by atoms with E-state index in [1.54, 1.807) is 24.3 Å². The van der Waals surface area contributed by atoms with Crippen LogP contribution in [0.15, 0.2) is 164 Å². The molecule has 2 aliphatic carbocycles. The van der Waals surface area contributed by atoms with Crippen molar-refractivity contribution in [2.45, 2.75) is 54.5 Å². The Kier molecular flexibility index (Phi) is 13.8. The Balaban J connectivity index is 1.10. The van der Waals surface area contributed by atoms with Crippen molar-refractivity contribution in [2.75, 3.05) is 18.9 Å². The minimum absolute atomic E-state index is 0.0252. The average Bonchev–Trinajstić information content (AvgIpc) is 4.04. The number of amides is 4. The molecule has 8 rings (SSSR count). The van der Waals surface area contributed by atoms with Crippen molar-refractivity contribution in [2.24, 2.45) is 0 Å². The number of ketones is 1. The quantitative estimate of drug-likeness (QED) is 0.0636. The molecule has 0 saturated heterocycles. The first-order valence-corrected chi connectivity index (χ1v) is 23.0. The molecule has 1 fully saturated rings. The van der Waals surface area contributed by atoms with E-state index >= 15 is 0 Å². The first kappa shape index (κ1) is 44.9. The van der Waals surface area contributed by atoms with Crippen LogP contribution in [0.2, 0.25) is 5.02 Å². The zero-order valence-corrected chi connectivity index (χ0v) is 37.4. The van der Waals surface area contributed by atoms with Crippen LogP contribution in [0.5, 0.6) is 0 Å². The molecule has 0 aromatic heterocycles. The molecule has 4 amide bonds. The fourth-order valence-corrected chi connectivity index (χ4v) is 10.3. The molecule has 0 radical (unpaired) electrons. The number of benzene rings is 6. The SMILES string of the molecule is CC(=O)CNC(=O)C1(NC(=O)[C@@H](CSC(c2ccccc2)(c2ccccc2)c2ccccc2)NC(=O)[C@@H](Cc2cccc(Cl)c2)NC(=O)OCC2c3ccccc3-c3ccccc32)CC1. The van der Waals surface area contributed by atoms with Crippen molar-refractivity contribution in [1.82, 2.24) is 21.3 Å². The van der Waals surface area contributed by atoms with Crippen LogP contribution >= 0.6 is 23.4 Å². The number of nitrogens with one attached hydrogen (secondary N) is 4. The van der Waals surface area contributed by atoms with Crippen LogP contribution in [-0.4, -0.2) is 66.1 Å². The summed E-state index contributed by atoms with van der Waals surface area (Å²) in [7, 11) is 0. The zero-order chi connectivity index (χ0) is 45.4. The van der Waals surface area contributed by atoms with E-state index in [4.69, 9.17) is 16.3 Å². The summed E-state index contributed by atoms with van der Waals surface area (Å²) in [6, 6.07) is 50.5. The van der Waals surface area contributed by atoms with Crippen molar-refractivity contribution in [3.05, 3.63) is 202 Å². The summed E-state index contributed by atoms with van der Waals surface area (Å²) >= 11 is 7.86. The fraction of sp³-hybridized carbons (Fsp3) is 0.226. The maximum Gasteiger partial charge on any atom is 0.407 e. The predicted octanol–water partition coefficient (Wildman–Crippen LogP) is 8.35. The van der Waals surface area contributed by atoms with Crippen molar-refractivity contribution in [1.29, 1.82) is 0 Å². The van der Waals surface area contributed by atoms with E-state index in [1.165, 1.54) is 18.7 Å². The Morgan fingerprint density at radius 1 is 0.677 bits per heavy atom. The Morgan fingerprint density at radius 2 is 1.22 bits per heavy atom. The third-order valence-corrected chi connectivity index (χ3v) is 13.8. The fourth-order valence-electron chi connectivity index (χ4n) is 8.55. The molecule has 2 atom stereocenters. The summed E-state index contributed by atoms with van der Waals surface area (Å²) < 4.78 is 5.05. The van der Waals surface area contributed by atoms with Gasteiger partial charge in [-0.15, -0.1) is 11.8 Å². The molecule has 0 spiro atoms. The number of hydrogen-bond acceptors (Lipinski definition) is 7. The summed E-state index contributed by atoms with van der Waals surface area (Å²) in [5.41, 5.74) is 6.53. The second-order valence-corrected chi connectivity index (χ2v) is 18.1. The Labute approximate surface area is 387 Å². The molecule has 0 heterocycles. The lowest BCUT2D eigenvalue weighted by Gasteiger charge is -2.37. The van der Waals surface area contributed by atoms with Crippen LogP contribution in [-0.2, 0) is 35.1 Å². The van der Waals surface area contributed by atoms with E-state index in [-0.39, 0.29) is 37.0 Å². The van der Waals surface area contributed by atoms with Gasteiger partial charge in [0.15, 0.2) is 0 Å². The van der Waals surface area contributed by atoms with Gasteiger partial charge in [-0.25, -0.2) is 4.79 Å². The summed E-state index contributed by atoms with van der Waals surface area (Å²) in [6.45, 7) is 1.23. The molecule has 1 saturated carbocycles. The molecule has 2 aliphatic rings. The van der Waals surface area contributed by atoms with Crippen molar-refractivity contribution >= 4 is 53.0 Å². The maximum atomic E-state index is 14.8. The number of halogens is 1. The molecular weight excluding hydrogens is 856 g/mol.